The molecule has 0 aliphatic heterocycles. The van der Waals surface area contributed by atoms with Gasteiger partial charge < -0.3 is 9.88 Å². The predicted octanol–water partition coefficient (Wildman–Crippen LogP) is 1.29. The SMILES string of the molecule is CNC(C)C(=O)Cc1nc2ccccc2n1C. The summed E-state index contributed by atoms with van der Waals surface area (Å²) < 4.78 is 1.98. The third-order valence-corrected chi connectivity index (χ3v) is 3.13. The molecule has 1 atom stereocenters. The number of likely N-dealkylation sites (N-methyl/N-ethyl adjacent to an activating group) is 1. The van der Waals surface area contributed by atoms with E-state index in [1.54, 1.807) is 7.05 Å². The Kier molecular flexibility index (Phi) is 3.24. The topological polar surface area (TPSA) is 46.9 Å². The molecule has 0 aliphatic rings. The van der Waals surface area contributed by atoms with Crippen LogP contribution in [-0.4, -0.2) is 28.4 Å². The lowest BCUT2D eigenvalue weighted by Gasteiger charge is -2.08. The summed E-state index contributed by atoms with van der Waals surface area (Å²) in [6.07, 6.45) is 0.368. The predicted molar refractivity (Wildman–Crippen MR) is 67.9 cm³/mol. The van der Waals surface area contributed by atoms with E-state index in [-0.39, 0.29) is 11.8 Å². The average Bonchev–Trinajstić information content (AvgIpc) is 2.66. The zero-order valence-electron chi connectivity index (χ0n) is 10.4. The van der Waals surface area contributed by atoms with E-state index < -0.39 is 0 Å². The number of ketones is 1. The molecule has 0 aliphatic carbocycles. The van der Waals surface area contributed by atoms with E-state index in [1.165, 1.54) is 0 Å². The van der Waals surface area contributed by atoms with Gasteiger partial charge in [0.15, 0.2) is 5.78 Å². The Balaban J connectivity index is 2.30. The molecule has 90 valence electrons. The first-order valence-corrected chi connectivity index (χ1v) is 5.73. The first-order valence-electron chi connectivity index (χ1n) is 5.73. The quantitative estimate of drug-likeness (QED) is 0.862. The summed E-state index contributed by atoms with van der Waals surface area (Å²) in [5.41, 5.74) is 2.00. The van der Waals surface area contributed by atoms with Crippen molar-refractivity contribution in [3.05, 3.63) is 30.1 Å². The summed E-state index contributed by atoms with van der Waals surface area (Å²) >= 11 is 0. The summed E-state index contributed by atoms with van der Waals surface area (Å²) in [5.74, 6) is 0.976. The minimum atomic E-state index is -0.130. The van der Waals surface area contributed by atoms with Crippen LogP contribution in [0.25, 0.3) is 11.0 Å². The average molecular weight is 231 g/mol. The summed E-state index contributed by atoms with van der Waals surface area (Å²) in [4.78, 5) is 16.3. The molecule has 1 aromatic carbocycles. The van der Waals surface area contributed by atoms with Crippen molar-refractivity contribution in [3.8, 4) is 0 Å². The van der Waals surface area contributed by atoms with Gasteiger partial charge in [-0.25, -0.2) is 4.98 Å². The molecule has 1 unspecified atom stereocenters. The van der Waals surface area contributed by atoms with Crippen LogP contribution in [0.2, 0.25) is 0 Å². The molecule has 2 rings (SSSR count). The molecule has 1 N–H and O–H groups in total. The van der Waals surface area contributed by atoms with E-state index in [0.717, 1.165) is 16.9 Å². The number of nitrogens with zero attached hydrogens (tertiary/aromatic N) is 2. The molecule has 0 bridgehead atoms. The normalized spacial score (nSPS) is 12.9. The lowest BCUT2D eigenvalue weighted by atomic mass is 10.1. The molecule has 2 aromatic rings. The maximum atomic E-state index is 11.9. The lowest BCUT2D eigenvalue weighted by Crippen LogP contribution is -2.32. The van der Waals surface area contributed by atoms with Gasteiger partial charge >= 0.3 is 0 Å². The van der Waals surface area contributed by atoms with Crippen molar-refractivity contribution in [1.29, 1.82) is 0 Å². The fraction of sp³-hybridized carbons (Fsp3) is 0.385. The number of hydrogen-bond donors (Lipinski definition) is 1. The van der Waals surface area contributed by atoms with Gasteiger partial charge in [0.1, 0.15) is 5.82 Å². The second-order valence-corrected chi connectivity index (χ2v) is 4.23. The zero-order valence-corrected chi connectivity index (χ0v) is 10.4. The van der Waals surface area contributed by atoms with Gasteiger partial charge in [0.25, 0.3) is 0 Å². The van der Waals surface area contributed by atoms with Crippen molar-refractivity contribution in [2.75, 3.05) is 7.05 Å². The number of aromatic nitrogens is 2. The van der Waals surface area contributed by atoms with Crippen molar-refractivity contribution in [2.24, 2.45) is 7.05 Å². The number of aryl methyl sites for hydroxylation is 1. The Morgan fingerprint density at radius 2 is 2.18 bits per heavy atom. The van der Waals surface area contributed by atoms with Gasteiger partial charge in [-0.3, -0.25) is 4.79 Å². The standard InChI is InChI=1S/C13H17N3O/c1-9(14-2)12(17)8-13-15-10-6-4-5-7-11(10)16(13)3/h4-7,9,14H,8H2,1-3H3. The fourth-order valence-electron chi connectivity index (χ4n) is 1.82. The Morgan fingerprint density at radius 3 is 2.82 bits per heavy atom. The molecule has 0 saturated carbocycles. The number of Topliss-reactive ketones (excluding diaryl/α,β-unsaturated/α-hetero) is 1. The summed E-state index contributed by atoms with van der Waals surface area (Å²) in [6.45, 7) is 1.87. The molecule has 1 heterocycles. The van der Waals surface area contributed by atoms with E-state index in [0.29, 0.717) is 6.42 Å². The third-order valence-electron chi connectivity index (χ3n) is 3.13. The first-order chi connectivity index (χ1) is 8.13. The van der Waals surface area contributed by atoms with Gasteiger partial charge in [-0.15, -0.1) is 0 Å². The van der Waals surface area contributed by atoms with E-state index in [1.807, 2.05) is 42.8 Å². The Hall–Kier alpha value is -1.68. The van der Waals surface area contributed by atoms with Crippen molar-refractivity contribution in [1.82, 2.24) is 14.9 Å². The highest BCUT2D eigenvalue weighted by Gasteiger charge is 2.15. The minimum Gasteiger partial charge on any atom is -0.331 e. The molecule has 4 nitrogen and oxygen atoms in total. The van der Waals surface area contributed by atoms with Gasteiger partial charge in [0.05, 0.1) is 23.5 Å². The van der Waals surface area contributed by atoms with Crippen LogP contribution < -0.4 is 5.32 Å². The van der Waals surface area contributed by atoms with Crippen LogP contribution in [-0.2, 0) is 18.3 Å². The maximum Gasteiger partial charge on any atom is 0.156 e. The lowest BCUT2D eigenvalue weighted by molar-refractivity contribution is -0.120. The number of para-hydroxylation sites is 2. The fourth-order valence-corrected chi connectivity index (χ4v) is 1.82. The number of fused-ring (bicyclic) bond motifs is 1. The summed E-state index contributed by atoms with van der Waals surface area (Å²) in [5, 5.41) is 2.95. The summed E-state index contributed by atoms with van der Waals surface area (Å²) in [6, 6.07) is 7.78. The minimum absolute atomic E-state index is 0.130. The van der Waals surface area contributed by atoms with Gasteiger partial charge in [-0.2, -0.15) is 0 Å². The molecule has 0 spiro atoms. The van der Waals surface area contributed by atoms with Gasteiger partial charge in [-0.1, -0.05) is 12.1 Å². The van der Waals surface area contributed by atoms with Crippen molar-refractivity contribution in [2.45, 2.75) is 19.4 Å². The Bertz CT molecular complexity index is 545. The summed E-state index contributed by atoms with van der Waals surface area (Å²) in [7, 11) is 3.74. The van der Waals surface area contributed by atoms with Crippen LogP contribution in [0.15, 0.2) is 24.3 Å². The maximum absolute atomic E-state index is 11.9. The van der Waals surface area contributed by atoms with Crippen molar-refractivity contribution in [3.63, 3.8) is 0 Å². The highest BCUT2D eigenvalue weighted by molar-refractivity contribution is 5.86. The second-order valence-electron chi connectivity index (χ2n) is 4.23. The smallest absolute Gasteiger partial charge is 0.156 e. The molecular formula is C13H17N3O. The molecule has 1 aromatic heterocycles. The van der Waals surface area contributed by atoms with Gasteiger partial charge in [0, 0.05) is 7.05 Å². The van der Waals surface area contributed by atoms with Gasteiger partial charge in [-0.05, 0) is 26.1 Å². The number of hydrogen-bond acceptors (Lipinski definition) is 3. The molecule has 0 fully saturated rings. The number of imidazole rings is 1. The number of nitrogens with one attached hydrogen (secondary N) is 1. The van der Waals surface area contributed by atoms with Gasteiger partial charge in [0.2, 0.25) is 0 Å². The number of carbonyl (C=O) groups excluding carboxylic acids is 1. The van der Waals surface area contributed by atoms with E-state index in [2.05, 4.69) is 10.3 Å². The van der Waals surface area contributed by atoms with Crippen LogP contribution in [0.3, 0.4) is 0 Å². The van der Waals surface area contributed by atoms with E-state index >= 15 is 0 Å². The third kappa shape index (κ3) is 2.22. The molecule has 0 radical (unpaired) electrons. The first kappa shape index (κ1) is 11.8. The zero-order chi connectivity index (χ0) is 12.4. The highest BCUT2D eigenvalue weighted by Crippen LogP contribution is 2.14. The number of rotatable bonds is 4. The van der Waals surface area contributed by atoms with Crippen LogP contribution >= 0.6 is 0 Å². The largest absolute Gasteiger partial charge is 0.331 e. The molecule has 4 heteroatoms. The van der Waals surface area contributed by atoms with Crippen LogP contribution in [0.1, 0.15) is 12.7 Å². The van der Waals surface area contributed by atoms with Crippen molar-refractivity contribution < 1.29 is 4.79 Å². The number of benzene rings is 1. The van der Waals surface area contributed by atoms with Crippen LogP contribution in [0.5, 0.6) is 0 Å². The Labute approximate surface area is 101 Å². The van der Waals surface area contributed by atoms with E-state index in [4.69, 9.17) is 0 Å². The monoisotopic (exact) mass is 231 g/mol. The molecule has 17 heavy (non-hydrogen) atoms. The molecule has 0 saturated heterocycles. The van der Waals surface area contributed by atoms with Crippen LogP contribution in [0, 0.1) is 0 Å². The Morgan fingerprint density at radius 1 is 1.47 bits per heavy atom. The van der Waals surface area contributed by atoms with E-state index in [9.17, 15) is 4.79 Å². The van der Waals surface area contributed by atoms with Crippen LogP contribution in [0.4, 0.5) is 0 Å². The second kappa shape index (κ2) is 4.67. The van der Waals surface area contributed by atoms with Crippen molar-refractivity contribution >= 4 is 16.8 Å². The molecular weight excluding hydrogens is 214 g/mol. The number of carbonyl (C=O) groups is 1. The highest BCUT2D eigenvalue weighted by atomic mass is 16.1. The molecule has 0 amide bonds.